The van der Waals surface area contributed by atoms with Crippen molar-refractivity contribution in [2.24, 2.45) is 0 Å². The van der Waals surface area contributed by atoms with E-state index in [-0.39, 0.29) is 4.90 Å². The van der Waals surface area contributed by atoms with Crippen LogP contribution in [0.4, 0.5) is 11.5 Å². The minimum Gasteiger partial charge on any atom is -0.352 e. The van der Waals surface area contributed by atoms with Crippen LogP contribution in [0.15, 0.2) is 47.5 Å². The summed E-state index contributed by atoms with van der Waals surface area (Å²) in [6, 6.07) is 12.0. The molecule has 0 atom stereocenters. The highest BCUT2D eigenvalue weighted by Gasteiger charge is 2.23. The summed E-state index contributed by atoms with van der Waals surface area (Å²) in [5.74, 6) is 0.836. The molecular weight excluding hydrogens is 362 g/mol. The molecule has 27 heavy (non-hydrogen) atoms. The average molecular weight is 383 g/mol. The van der Waals surface area contributed by atoms with E-state index in [4.69, 9.17) is 0 Å². The van der Waals surface area contributed by atoms with Crippen molar-refractivity contribution < 1.29 is 8.42 Å². The standard InChI is InChI=1S/C19H21N5O2S/c1-13-19(14(2)22-21-13)27(25,26)23-17-7-8-18(20-11-17)24-10-9-15-5-3-4-6-16(15)12-24/h3-8,11,23H,9-10,12H2,1-2H3,(H,21,22). The number of fused-ring (bicyclic) bond motifs is 1. The van der Waals surface area contributed by atoms with Crippen LogP contribution in [0.25, 0.3) is 0 Å². The van der Waals surface area contributed by atoms with Gasteiger partial charge in [-0.2, -0.15) is 5.10 Å². The number of pyridine rings is 1. The number of hydrogen-bond donors (Lipinski definition) is 2. The largest absolute Gasteiger partial charge is 0.352 e. The maximum Gasteiger partial charge on any atom is 0.265 e. The third kappa shape index (κ3) is 3.40. The monoisotopic (exact) mass is 383 g/mol. The first-order chi connectivity index (χ1) is 12.9. The molecule has 3 heterocycles. The van der Waals surface area contributed by atoms with E-state index in [2.05, 4.69) is 43.0 Å². The van der Waals surface area contributed by atoms with Gasteiger partial charge < -0.3 is 4.90 Å². The van der Waals surface area contributed by atoms with Gasteiger partial charge in [-0.1, -0.05) is 24.3 Å². The number of aromatic amines is 1. The first-order valence-electron chi connectivity index (χ1n) is 8.76. The van der Waals surface area contributed by atoms with E-state index < -0.39 is 10.0 Å². The number of H-pyrrole nitrogens is 1. The molecule has 0 bridgehead atoms. The molecule has 140 valence electrons. The summed E-state index contributed by atoms with van der Waals surface area (Å²) in [6.07, 6.45) is 2.53. The number of nitrogens with zero attached hydrogens (tertiary/aromatic N) is 3. The highest BCUT2D eigenvalue weighted by Crippen LogP contribution is 2.25. The summed E-state index contributed by atoms with van der Waals surface area (Å²) in [5.41, 5.74) is 4.06. The molecule has 0 saturated carbocycles. The van der Waals surface area contributed by atoms with Crippen LogP contribution in [0, 0.1) is 13.8 Å². The van der Waals surface area contributed by atoms with Crippen molar-refractivity contribution in [1.82, 2.24) is 15.2 Å². The Labute approximate surface area is 158 Å². The molecule has 0 unspecified atom stereocenters. The molecule has 4 rings (SSSR count). The Balaban J connectivity index is 1.52. The minimum atomic E-state index is -3.71. The Morgan fingerprint density at radius 1 is 1.11 bits per heavy atom. The molecule has 1 aliphatic heterocycles. The predicted octanol–water partition coefficient (Wildman–Crippen LogP) is 2.79. The minimum absolute atomic E-state index is 0.180. The summed E-state index contributed by atoms with van der Waals surface area (Å²) in [7, 11) is -3.71. The molecule has 0 aliphatic carbocycles. The van der Waals surface area contributed by atoms with Crippen molar-refractivity contribution in [3.05, 3.63) is 65.1 Å². The number of benzene rings is 1. The zero-order valence-electron chi connectivity index (χ0n) is 15.2. The molecule has 0 amide bonds. The molecule has 8 heteroatoms. The summed E-state index contributed by atoms with van der Waals surface area (Å²) in [5, 5.41) is 6.65. The number of aryl methyl sites for hydroxylation is 2. The van der Waals surface area contributed by atoms with Crippen LogP contribution < -0.4 is 9.62 Å². The molecule has 0 saturated heterocycles. The van der Waals surface area contributed by atoms with Crippen molar-refractivity contribution in [3.63, 3.8) is 0 Å². The Bertz CT molecular complexity index is 1050. The Morgan fingerprint density at radius 3 is 2.56 bits per heavy atom. The second kappa shape index (κ2) is 6.70. The van der Waals surface area contributed by atoms with Crippen LogP contribution in [0.2, 0.25) is 0 Å². The highest BCUT2D eigenvalue weighted by atomic mass is 32.2. The van der Waals surface area contributed by atoms with Gasteiger partial charge in [0.05, 0.1) is 23.3 Å². The van der Waals surface area contributed by atoms with Gasteiger partial charge >= 0.3 is 0 Å². The van der Waals surface area contributed by atoms with Gasteiger partial charge in [0.2, 0.25) is 0 Å². The fourth-order valence-electron chi connectivity index (χ4n) is 3.47. The van der Waals surface area contributed by atoms with Gasteiger partial charge in [0.15, 0.2) is 0 Å². The van der Waals surface area contributed by atoms with Crippen LogP contribution in [-0.2, 0) is 23.0 Å². The third-order valence-electron chi connectivity index (χ3n) is 4.78. The van der Waals surface area contributed by atoms with Crippen LogP contribution in [-0.4, -0.2) is 30.1 Å². The van der Waals surface area contributed by atoms with Gasteiger partial charge in [0, 0.05) is 13.1 Å². The van der Waals surface area contributed by atoms with Crippen molar-refractivity contribution in [1.29, 1.82) is 0 Å². The predicted molar refractivity (Wildman–Crippen MR) is 104 cm³/mol. The molecule has 0 fully saturated rings. The summed E-state index contributed by atoms with van der Waals surface area (Å²) in [6.45, 7) is 5.04. The van der Waals surface area contributed by atoms with E-state index in [0.717, 1.165) is 25.3 Å². The van der Waals surface area contributed by atoms with Crippen molar-refractivity contribution in [2.75, 3.05) is 16.2 Å². The normalized spacial score (nSPS) is 14.1. The Hall–Kier alpha value is -2.87. The van der Waals surface area contributed by atoms with Crippen molar-refractivity contribution in [2.45, 2.75) is 31.7 Å². The average Bonchev–Trinajstić information content (AvgIpc) is 3.01. The third-order valence-corrected chi connectivity index (χ3v) is 6.43. The van der Waals surface area contributed by atoms with Crippen LogP contribution in [0.5, 0.6) is 0 Å². The summed E-state index contributed by atoms with van der Waals surface area (Å²) in [4.78, 5) is 6.84. The zero-order chi connectivity index (χ0) is 19.0. The molecule has 3 aromatic rings. The number of rotatable bonds is 4. The fraction of sp³-hybridized carbons (Fsp3) is 0.263. The lowest BCUT2D eigenvalue weighted by molar-refractivity contribution is 0.600. The molecule has 1 aliphatic rings. The lowest BCUT2D eigenvalue weighted by atomic mass is 10.00. The van der Waals surface area contributed by atoms with E-state index in [1.165, 1.54) is 11.1 Å². The van der Waals surface area contributed by atoms with Gasteiger partial charge in [-0.3, -0.25) is 9.82 Å². The van der Waals surface area contributed by atoms with E-state index in [9.17, 15) is 8.42 Å². The first-order valence-corrected chi connectivity index (χ1v) is 10.2. The highest BCUT2D eigenvalue weighted by molar-refractivity contribution is 7.92. The molecular formula is C19H21N5O2S. The molecule has 2 N–H and O–H groups in total. The van der Waals surface area contributed by atoms with Crippen LogP contribution in [0.3, 0.4) is 0 Å². The maximum atomic E-state index is 12.6. The number of nitrogens with one attached hydrogen (secondary N) is 2. The van der Waals surface area contributed by atoms with Crippen molar-refractivity contribution >= 4 is 21.5 Å². The number of anilines is 2. The lowest BCUT2D eigenvalue weighted by Gasteiger charge is -2.29. The topological polar surface area (TPSA) is 91.0 Å². The van der Waals surface area contributed by atoms with E-state index in [1.807, 2.05) is 12.1 Å². The number of aromatic nitrogens is 3. The lowest BCUT2D eigenvalue weighted by Crippen LogP contribution is -2.30. The molecule has 0 spiro atoms. The summed E-state index contributed by atoms with van der Waals surface area (Å²) >= 11 is 0. The van der Waals surface area contributed by atoms with E-state index in [1.54, 1.807) is 26.1 Å². The zero-order valence-corrected chi connectivity index (χ0v) is 16.0. The smallest absolute Gasteiger partial charge is 0.265 e. The molecule has 2 aromatic heterocycles. The van der Waals surface area contributed by atoms with Gasteiger partial charge in [-0.05, 0) is 43.5 Å². The Kier molecular flexibility index (Phi) is 4.35. The Morgan fingerprint density at radius 2 is 1.89 bits per heavy atom. The van der Waals surface area contributed by atoms with Crippen LogP contribution >= 0.6 is 0 Å². The number of hydrogen-bond acceptors (Lipinski definition) is 5. The van der Waals surface area contributed by atoms with Gasteiger partial charge in [-0.25, -0.2) is 13.4 Å². The SMILES string of the molecule is Cc1n[nH]c(C)c1S(=O)(=O)Nc1ccc(N2CCc3ccccc3C2)nc1. The fourth-order valence-corrected chi connectivity index (χ4v) is 4.88. The van der Waals surface area contributed by atoms with E-state index in [0.29, 0.717) is 17.1 Å². The van der Waals surface area contributed by atoms with Crippen molar-refractivity contribution in [3.8, 4) is 0 Å². The summed E-state index contributed by atoms with van der Waals surface area (Å²) < 4.78 is 27.8. The molecule has 7 nitrogen and oxygen atoms in total. The second-order valence-corrected chi connectivity index (χ2v) is 8.33. The van der Waals surface area contributed by atoms with E-state index >= 15 is 0 Å². The maximum absolute atomic E-state index is 12.6. The van der Waals surface area contributed by atoms with Gasteiger partial charge in [0.25, 0.3) is 10.0 Å². The second-order valence-electron chi connectivity index (χ2n) is 6.71. The molecule has 1 aromatic carbocycles. The quantitative estimate of drug-likeness (QED) is 0.723. The molecule has 0 radical (unpaired) electrons. The van der Waals surface area contributed by atoms with Gasteiger partial charge in [0.1, 0.15) is 10.7 Å². The number of sulfonamides is 1. The van der Waals surface area contributed by atoms with Crippen LogP contribution in [0.1, 0.15) is 22.5 Å². The first kappa shape index (κ1) is 17.5. The van der Waals surface area contributed by atoms with Gasteiger partial charge in [-0.15, -0.1) is 0 Å².